The molecular formula is C20H25N9O4. The van der Waals surface area contributed by atoms with E-state index in [-0.39, 0.29) is 29.5 Å². The Morgan fingerprint density at radius 3 is 2.58 bits per heavy atom. The quantitative estimate of drug-likeness (QED) is 0.175. The summed E-state index contributed by atoms with van der Waals surface area (Å²) < 4.78 is 0. The van der Waals surface area contributed by atoms with Gasteiger partial charge in [0.25, 0.3) is 17.9 Å². The number of rotatable bonds is 8. The zero-order valence-corrected chi connectivity index (χ0v) is 17.6. The number of aromatic nitrogens is 4. The zero-order valence-electron chi connectivity index (χ0n) is 17.6. The highest BCUT2D eigenvalue weighted by Gasteiger charge is 2.08. The van der Waals surface area contributed by atoms with Gasteiger partial charge in [-0.2, -0.15) is 4.98 Å². The van der Waals surface area contributed by atoms with Crippen molar-refractivity contribution < 1.29 is 14.7 Å². The summed E-state index contributed by atoms with van der Waals surface area (Å²) in [4.78, 5) is 47.2. The average molecular weight is 455 g/mol. The van der Waals surface area contributed by atoms with Crippen LogP contribution in [0.4, 0.5) is 11.6 Å². The van der Waals surface area contributed by atoms with Gasteiger partial charge in [-0.3, -0.25) is 19.4 Å². The second kappa shape index (κ2) is 12.2. The van der Waals surface area contributed by atoms with Crippen LogP contribution in [-0.2, 0) is 11.3 Å². The van der Waals surface area contributed by atoms with Crippen LogP contribution in [0.25, 0.3) is 11.2 Å². The van der Waals surface area contributed by atoms with Gasteiger partial charge in [0.2, 0.25) is 5.95 Å². The van der Waals surface area contributed by atoms with Crippen LogP contribution in [0.1, 0.15) is 28.9 Å². The van der Waals surface area contributed by atoms with Crippen molar-refractivity contribution in [1.29, 1.82) is 0 Å². The Morgan fingerprint density at radius 1 is 1.21 bits per heavy atom. The summed E-state index contributed by atoms with van der Waals surface area (Å²) in [6, 6.07) is 7.01. The van der Waals surface area contributed by atoms with Crippen LogP contribution in [-0.4, -0.2) is 44.0 Å². The van der Waals surface area contributed by atoms with Crippen molar-refractivity contribution >= 4 is 35.2 Å². The second-order valence-electron chi connectivity index (χ2n) is 6.62. The molecule has 0 unspecified atom stereocenters. The van der Waals surface area contributed by atoms with Gasteiger partial charge < -0.3 is 32.9 Å². The summed E-state index contributed by atoms with van der Waals surface area (Å²) in [6.07, 6.45) is 4.23. The molecule has 0 saturated carbocycles. The van der Waals surface area contributed by atoms with Crippen LogP contribution in [0.15, 0.2) is 47.2 Å². The first-order valence-electron chi connectivity index (χ1n) is 9.75. The molecule has 0 aliphatic heterocycles. The number of anilines is 2. The summed E-state index contributed by atoms with van der Waals surface area (Å²) >= 11 is 0. The molecule has 0 spiro atoms. The van der Waals surface area contributed by atoms with Crippen LogP contribution in [0.3, 0.4) is 0 Å². The number of benzene rings is 1. The summed E-state index contributed by atoms with van der Waals surface area (Å²) in [5, 5.41) is 12.9. The maximum absolute atomic E-state index is 12.2. The van der Waals surface area contributed by atoms with Crippen molar-refractivity contribution in [3.63, 3.8) is 0 Å². The summed E-state index contributed by atoms with van der Waals surface area (Å²) in [5.41, 5.74) is 18.8. The molecule has 0 aliphatic rings. The highest BCUT2D eigenvalue weighted by atomic mass is 16.3. The smallest absolute Gasteiger partial charge is 0.290 e. The number of nitrogens with one attached hydrogen (secondary N) is 3. The number of hydrogen-bond donors (Lipinski definition) is 7. The molecular weight excluding hydrogens is 430 g/mol. The molecule has 3 rings (SSSR count). The van der Waals surface area contributed by atoms with Crippen LogP contribution < -0.4 is 33.4 Å². The minimum absolute atomic E-state index is 0.00618. The lowest BCUT2D eigenvalue weighted by atomic mass is 10.2. The van der Waals surface area contributed by atoms with E-state index in [0.29, 0.717) is 42.9 Å². The predicted molar refractivity (Wildman–Crippen MR) is 123 cm³/mol. The Balaban J connectivity index is 0.00000122. The Kier molecular flexibility index (Phi) is 9.12. The number of nitrogen functional groups attached to an aromatic ring is 1. The molecule has 1 amide bonds. The van der Waals surface area contributed by atoms with Gasteiger partial charge in [0.15, 0.2) is 11.2 Å². The largest absolute Gasteiger partial charge is 0.483 e. The third-order valence-electron chi connectivity index (χ3n) is 4.25. The minimum atomic E-state index is -0.441. The predicted octanol–water partition coefficient (Wildman–Crippen LogP) is -0.123. The van der Waals surface area contributed by atoms with Gasteiger partial charge in [-0.1, -0.05) is 0 Å². The molecule has 0 saturated heterocycles. The number of fused-ring (bicyclic) bond motifs is 1. The normalized spacial score (nSPS) is 10.7. The van der Waals surface area contributed by atoms with Gasteiger partial charge in [-0.25, -0.2) is 9.97 Å². The fraction of sp³-hybridized carbons (Fsp3) is 0.200. The molecule has 33 heavy (non-hydrogen) atoms. The molecule has 0 fully saturated rings. The molecule has 10 N–H and O–H groups in total. The van der Waals surface area contributed by atoms with Crippen LogP contribution in [0, 0.1) is 0 Å². The number of carbonyl (C=O) groups excluding carboxylic acids is 1. The van der Waals surface area contributed by atoms with Crippen LogP contribution in [0.2, 0.25) is 0 Å². The van der Waals surface area contributed by atoms with Crippen molar-refractivity contribution in [3.05, 3.63) is 64.0 Å². The van der Waals surface area contributed by atoms with Gasteiger partial charge in [-0.05, 0) is 37.1 Å². The number of nitrogens with two attached hydrogens (primary N) is 3. The fourth-order valence-corrected chi connectivity index (χ4v) is 2.67. The van der Waals surface area contributed by atoms with E-state index < -0.39 is 5.56 Å². The Labute approximate surface area is 188 Å². The molecule has 3 aromatic rings. The number of carbonyl (C=O) groups is 2. The second-order valence-corrected chi connectivity index (χ2v) is 6.62. The number of aromatic amines is 1. The van der Waals surface area contributed by atoms with Gasteiger partial charge in [0.1, 0.15) is 0 Å². The van der Waals surface area contributed by atoms with E-state index in [4.69, 9.17) is 27.1 Å². The van der Waals surface area contributed by atoms with Crippen molar-refractivity contribution in [2.75, 3.05) is 17.6 Å². The molecule has 174 valence electrons. The molecule has 13 heteroatoms. The lowest BCUT2D eigenvalue weighted by Gasteiger charge is -2.08. The van der Waals surface area contributed by atoms with E-state index >= 15 is 0 Å². The summed E-state index contributed by atoms with van der Waals surface area (Å²) in [6.45, 7) is 0.599. The van der Waals surface area contributed by atoms with Crippen LogP contribution in [0.5, 0.6) is 0 Å². The molecule has 0 aliphatic carbocycles. The van der Waals surface area contributed by atoms with Gasteiger partial charge in [0, 0.05) is 29.7 Å². The SMILES string of the molecule is N/C=C(\N)CCCNC(=O)c1ccc(NCc2cnc3nc(N)[nH]c(=O)c3n2)cc1.O=CO. The van der Waals surface area contributed by atoms with Crippen molar-refractivity contribution in [2.24, 2.45) is 11.5 Å². The maximum atomic E-state index is 12.2. The number of nitrogens with zero attached hydrogens (tertiary/aromatic N) is 3. The lowest BCUT2D eigenvalue weighted by Crippen LogP contribution is -2.24. The van der Waals surface area contributed by atoms with Crippen molar-refractivity contribution in [2.45, 2.75) is 19.4 Å². The van der Waals surface area contributed by atoms with Gasteiger partial charge in [0.05, 0.1) is 18.4 Å². The summed E-state index contributed by atoms with van der Waals surface area (Å²) in [5.74, 6) is -0.170. The van der Waals surface area contributed by atoms with E-state index in [9.17, 15) is 9.59 Å². The van der Waals surface area contributed by atoms with E-state index in [0.717, 1.165) is 5.69 Å². The first-order chi connectivity index (χ1) is 15.9. The Bertz CT molecular complexity index is 1180. The monoisotopic (exact) mass is 455 g/mol. The molecule has 0 bridgehead atoms. The first-order valence-corrected chi connectivity index (χ1v) is 9.75. The third kappa shape index (κ3) is 7.50. The fourth-order valence-electron chi connectivity index (χ4n) is 2.67. The van der Waals surface area contributed by atoms with E-state index in [1.807, 2.05) is 0 Å². The average Bonchev–Trinajstić information content (AvgIpc) is 2.81. The number of H-pyrrole nitrogens is 1. The number of allylic oxidation sites excluding steroid dienone is 1. The lowest BCUT2D eigenvalue weighted by molar-refractivity contribution is -0.122. The standard InChI is InChI=1S/C19H23N9O2.CH2O2/c20-8-12(21)2-1-7-23-17(29)11-3-5-13(6-4-11)24-9-14-10-25-16-15(26-14)18(30)28-19(22)27-16;2-1-3/h3-6,8,10,24H,1-2,7,9,20-21H2,(H,23,29)(H3,22,25,27,28,30);1H,(H,2,3)/b12-8-;. The number of hydrogen-bond acceptors (Lipinski definition) is 10. The molecule has 0 atom stereocenters. The molecule has 2 aromatic heterocycles. The molecule has 2 heterocycles. The molecule has 13 nitrogen and oxygen atoms in total. The number of amides is 1. The van der Waals surface area contributed by atoms with E-state index in [1.54, 1.807) is 24.3 Å². The zero-order chi connectivity index (χ0) is 24.2. The van der Waals surface area contributed by atoms with Crippen LogP contribution >= 0.6 is 0 Å². The van der Waals surface area contributed by atoms with E-state index in [1.165, 1.54) is 12.4 Å². The topological polar surface area (TPSA) is 228 Å². The highest BCUT2D eigenvalue weighted by molar-refractivity contribution is 5.94. The van der Waals surface area contributed by atoms with E-state index in [2.05, 4.69) is 30.6 Å². The van der Waals surface area contributed by atoms with Crippen molar-refractivity contribution in [1.82, 2.24) is 25.3 Å². The van der Waals surface area contributed by atoms with Crippen molar-refractivity contribution in [3.8, 4) is 0 Å². The Morgan fingerprint density at radius 2 is 1.91 bits per heavy atom. The minimum Gasteiger partial charge on any atom is -0.483 e. The Hall–Kier alpha value is -4.68. The highest BCUT2D eigenvalue weighted by Crippen LogP contribution is 2.11. The third-order valence-corrected chi connectivity index (χ3v) is 4.25. The summed E-state index contributed by atoms with van der Waals surface area (Å²) in [7, 11) is 0. The molecule has 0 radical (unpaired) electrons. The van der Waals surface area contributed by atoms with Gasteiger partial charge >= 0.3 is 0 Å². The first kappa shape index (κ1) is 24.6. The molecule has 1 aromatic carbocycles. The van der Waals surface area contributed by atoms with Gasteiger partial charge in [-0.15, -0.1) is 0 Å². The maximum Gasteiger partial charge on any atom is 0.290 e. The number of carboxylic acid groups (broad SMARTS) is 1.